The van der Waals surface area contributed by atoms with Crippen molar-refractivity contribution in [1.82, 2.24) is 0 Å². The molecular weight excluding hydrogens is 110 g/mol. The van der Waals surface area contributed by atoms with Crippen LogP contribution in [-0.2, 0) is 0 Å². The first-order chi connectivity index (χ1) is 4.31. The summed E-state index contributed by atoms with van der Waals surface area (Å²) in [6.45, 7) is 4.43. The van der Waals surface area contributed by atoms with Gasteiger partial charge in [0.1, 0.15) is 0 Å². The van der Waals surface area contributed by atoms with Crippen LogP contribution < -0.4 is 0 Å². The number of unbranched alkanes of at least 4 members (excludes halogenated alkanes) is 1. The molecule has 0 aromatic rings. The Bertz CT molecular complexity index is 91.2. The van der Waals surface area contributed by atoms with E-state index in [1.54, 1.807) is 0 Å². The fraction of sp³-hybridized carbons (Fsp3) is 0.875. The average molecular weight is 125 g/mol. The summed E-state index contributed by atoms with van der Waals surface area (Å²) >= 11 is 0. The smallest absolute Gasteiger partial charge is 0.0621 e. The fourth-order valence-corrected chi connectivity index (χ4v) is 0.734. The normalized spacial score (nSPS) is 12.6. The molecule has 0 rings (SSSR count). The van der Waals surface area contributed by atoms with Gasteiger partial charge in [0, 0.05) is 6.42 Å². The molecular formula is C8H15N. The number of rotatable bonds is 4. The van der Waals surface area contributed by atoms with Gasteiger partial charge < -0.3 is 0 Å². The van der Waals surface area contributed by atoms with Crippen molar-refractivity contribution in [1.29, 1.82) is 5.26 Å². The van der Waals surface area contributed by atoms with Crippen LogP contribution in [-0.4, -0.2) is 0 Å². The van der Waals surface area contributed by atoms with Crippen LogP contribution >= 0.6 is 0 Å². The van der Waals surface area contributed by atoms with Gasteiger partial charge in [0.2, 0.25) is 0 Å². The molecule has 0 bridgehead atoms. The maximum Gasteiger partial charge on any atom is 0.0621 e. The first-order valence-electron chi connectivity index (χ1n) is 3.68. The lowest BCUT2D eigenvalue weighted by Gasteiger charge is -2.03. The molecule has 0 radical (unpaired) electrons. The fourth-order valence-electron chi connectivity index (χ4n) is 0.734. The van der Waals surface area contributed by atoms with Crippen molar-refractivity contribution in [3.63, 3.8) is 0 Å². The van der Waals surface area contributed by atoms with E-state index in [1.165, 1.54) is 12.8 Å². The summed E-state index contributed by atoms with van der Waals surface area (Å²) in [5.74, 6) is 0.804. The highest BCUT2D eigenvalue weighted by molar-refractivity contribution is 4.68. The molecule has 1 heteroatoms. The number of nitriles is 1. The molecule has 0 aromatic heterocycles. The zero-order valence-corrected chi connectivity index (χ0v) is 6.35. The molecule has 1 nitrogen and oxygen atoms in total. The molecule has 0 amide bonds. The monoisotopic (exact) mass is 125 g/mol. The number of nitrogens with zero attached hydrogens (tertiary/aromatic N) is 1. The van der Waals surface area contributed by atoms with Crippen LogP contribution in [0, 0.1) is 17.2 Å². The Morgan fingerprint density at radius 2 is 2.22 bits per heavy atom. The maximum atomic E-state index is 8.20. The minimum absolute atomic E-state index is 0.727. The number of hydrogen-bond donors (Lipinski definition) is 0. The van der Waals surface area contributed by atoms with Crippen LogP contribution in [0.5, 0.6) is 0 Å². The van der Waals surface area contributed by atoms with Gasteiger partial charge in [0.25, 0.3) is 0 Å². The quantitative estimate of drug-likeness (QED) is 0.530. The van der Waals surface area contributed by atoms with Crippen molar-refractivity contribution in [3.05, 3.63) is 0 Å². The minimum Gasteiger partial charge on any atom is -0.198 e. The third-order valence-corrected chi connectivity index (χ3v) is 1.68. The highest BCUT2D eigenvalue weighted by atomic mass is 14.2. The SMILES string of the molecule is CC[C@@H](C)CCCC#N. The van der Waals surface area contributed by atoms with E-state index in [4.69, 9.17) is 5.26 Å². The third kappa shape index (κ3) is 5.36. The zero-order valence-electron chi connectivity index (χ0n) is 6.35. The first-order valence-corrected chi connectivity index (χ1v) is 3.68. The first kappa shape index (κ1) is 8.49. The molecule has 0 unspecified atom stereocenters. The average Bonchev–Trinajstić information content (AvgIpc) is 1.89. The van der Waals surface area contributed by atoms with Gasteiger partial charge in [-0.1, -0.05) is 20.3 Å². The summed E-state index contributed by atoms with van der Waals surface area (Å²) in [5, 5.41) is 8.20. The van der Waals surface area contributed by atoms with Crippen molar-refractivity contribution in [2.24, 2.45) is 5.92 Å². The van der Waals surface area contributed by atoms with Crippen LogP contribution in [0.2, 0.25) is 0 Å². The van der Waals surface area contributed by atoms with Gasteiger partial charge in [-0.05, 0) is 18.8 Å². The molecule has 0 aromatic carbocycles. The molecule has 0 aliphatic heterocycles. The summed E-state index contributed by atoms with van der Waals surface area (Å²) in [4.78, 5) is 0. The molecule has 9 heavy (non-hydrogen) atoms. The molecule has 0 spiro atoms. The Labute approximate surface area is 57.7 Å². The summed E-state index contributed by atoms with van der Waals surface area (Å²) in [6.07, 6.45) is 4.26. The van der Waals surface area contributed by atoms with Crippen molar-refractivity contribution in [2.45, 2.75) is 39.5 Å². The van der Waals surface area contributed by atoms with E-state index in [0.29, 0.717) is 0 Å². The lowest BCUT2D eigenvalue weighted by atomic mass is 10.0. The highest BCUT2D eigenvalue weighted by Gasteiger charge is 1.96. The predicted octanol–water partition coefficient (Wildman–Crippen LogP) is 2.73. The van der Waals surface area contributed by atoms with Crippen molar-refractivity contribution in [2.75, 3.05) is 0 Å². The van der Waals surface area contributed by atoms with E-state index >= 15 is 0 Å². The second-order valence-corrected chi connectivity index (χ2v) is 2.56. The largest absolute Gasteiger partial charge is 0.198 e. The molecule has 0 aliphatic carbocycles. The Balaban J connectivity index is 2.99. The minimum atomic E-state index is 0.727. The Morgan fingerprint density at radius 3 is 2.67 bits per heavy atom. The third-order valence-electron chi connectivity index (χ3n) is 1.68. The van der Waals surface area contributed by atoms with E-state index < -0.39 is 0 Å². The molecule has 1 atom stereocenters. The van der Waals surface area contributed by atoms with Gasteiger partial charge in [-0.25, -0.2) is 0 Å². The lowest BCUT2D eigenvalue weighted by molar-refractivity contribution is 0.499. The second kappa shape index (κ2) is 5.62. The van der Waals surface area contributed by atoms with Crippen LogP contribution in [0.4, 0.5) is 0 Å². The molecule has 0 aliphatic rings. The lowest BCUT2D eigenvalue weighted by Crippen LogP contribution is -1.90. The van der Waals surface area contributed by atoms with E-state index in [-0.39, 0.29) is 0 Å². The summed E-state index contributed by atoms with van der Waals surface area (Å²) < 4.78 is 0. The van der Waals surface area contributed by atoms with Gasteiger partial charge in [-0.3, -0.25) is 0 Å². The molecule has 0 fully saturated rings. The van der Waals surface area contributed by atoms with E-state index in [0.717, 1.165) is 18.8 Å². The van der Waals surface area contributed by atoms with Crippen LogP contribution in [0.15, 0.2) is 0 Å². The van der Waals surface area contributed by atoms with Gasteiger partial charge in [0.05, 0.1) is 6.07 Å². The van der Waals surface area contributed by atoms with E-state index in [1.807, 2.05) is 0 Å². The number of hydrogen-bond acceptors (Lipinski definition) is 1. The maximum absolute atomic E-state index is 8.20. The molecule has 52 valence electrons. The standard InChI is InChI=1S/C8H15N/c1-3-8(2)6-4-5-7-9/h8H,3-6H2,1-2H3/t8-/m1/s1. The molecule has 0 saturated carbocycles. The Kier molecular flexibility index (Phi) is 5.30. The topological polar surface area (TPSA) is 23.8 Å². The van der Waals surface area contributed by atoms with Crippen LogP contribution in [0.3, 0.4) is 0 Å². The Hall–Kier alpha value is -0.510. The van der Waals surface area contributed by atoms with E-state index in [9.17, 15) is 0 Å². The Morgan fingerprint density at radius 1 is 1.56 bits per heavy atom. The van der Waals surface area contributed by atoms with E-state index in [2.05, 4.69) is 19.9 Å². The van der Waals surface area contributed by atoms with Crippen molar-refractivity contribution in [3.8, 4) is 6.07 Å². The van der Waals surface area contributed by atoms with Gasteiger partial charge in [0.15, 0.2) is 0 Å². The highest BCUT2D eigenvalue weighted by Crippen LogP contribution is 2.09. The van der Waals surface area contributed by atoms with Crippen molar-refractivity contribution < 1.29 is 0 Å². The molecule has 0 heterocycles. The zero-order chi connectivity index (χ0) is 7.11. The summed E-state index contributed by atoms with van der Waals surface area (Å²) in [6, 6.07) is 2.15. The summed E-state index contributed by atoms with van der Waals surface area (Å²) in [5.41, 5.74) is 0. The van der Waals surface area contributed by atoms with Crippen molar-refractivity contribution >= 4 is 0 Å². The molecule has 0 saturated heterocycles. The van der Waals surface area contributed by atoms with Gasteiger partial charge in [-0.2, -0.15) is 5.26 Å². The predicted molar refractivity (Wildman–Crippen MR) is 38.9 cm³/mol. The van der Waals surface area contributed by atoms with Crippen LogP contribution in [0.1, 0.15) is 39.5 Å². The second-order valence-electron chi connectivity index (χ2n) is 2.56. The summed E-state index contributed by atoms with van der Waals surface area (Å²) in [7, 11) is 0. The molecule has 0 N–H and O–H groups in total. The van der Waals surface area contributed by atoms with Gasteiger partial charge >= 0.3 is 0 Å². The van der Waals surface area contributed by atoms with Gasteiger partial charge in [-0.15, -0.1) is 0 Å². The van der Waals surface area contributed by atoms with Crippen LogP contribution in [0.25, 0.3) is 0 Å².